The number of hydrogen-bond acceptors (Lipinski definition) is 5. The quantitative estimate of drug-likeness (QED) is 0.452. The van der Waals surface area contributed by atoms with Crippen LogP contribution in [-0.2, 0) is 17.8 Å². The number of carbonyl (C=O) groups excluding carboxylic acids is 1. The van der Waals surface area contributed by atoms with Crippen molar-refractivity contribution >= 4 is 38.4 Å². The average molecular weight is 431 g/mol. The lowest BCUT2D eigenvalue weighted by atomic mass is 10.1. The molecule has 2 aromatic carbocycles. The Morgan fingerprint density at radius 3 is 2.68 bits per heavy atom. The molecular formula is C25H26N4OS. The summed E-state index contributed by atoms with van der Waals surface area (Å²) in [6, 6.07) is 18.7. The maximum absolute atomic E-state index is 12.7. The van der Waals surface area contributed by atoms with Gasteiger partial charge < -0.3 is 4.90 Å². The van der Waals surface area contributed by atoms with Gasteiger partial charge in [0.15, 0.2) is 0 Å². The Hall–Kier alpha value is -2.83. The lowest BCUT2D eigenvalue weighted by Gasteiger charge is -2.35. The van der Waals surface area contributed by atoms with Crippen molar-refractivity contribution in [2.75, 3.05) is 26.2 Å². The van der Waals surface area contributed by atoms with Gasteiger partial charge in [0.1, 0.15) is 0 Å². The van der Waals surface area contributed by atoms with Crippen LogP contribution < -0.4 is 0 Å². The average Bonchev–Trinajstić information content (AvgIpc) is 3.23. The van der Waals surface area contributed by atoms with Crippen LogP contribution in [0.1, 0.15) is 23.4 Å². The summed E-state index contributed by atoms with van der Waals surface area (Å²) in [5, 5.41) is 2.31. The highest BCUT2D eigenvalue weighted by molar-refractivity contribution is 7.18. The highest BCUT2D eigenvalue weighted by Gasteiger charge is 2.21. The molecule has 0 bridgehead atoms. The molecule has 2 aromatic heterocycles. The number of carbonyl (C=O) groups is 1. The molecule has 1 aliphatic heterocycles. The van der Waals surface area contributed by atoms with Crippen LogP contribution in [0.5, 0.6) is 0 Å². The van der Waals surface area contributed by atoms with Crippen molar-refractivity contribution < 1.29 is 4.79 Å². The van der Waals surface area contributed by atoms with Crippen molar-refractivity contribution in [3.05, 3.63) is 71.4 Å². The van der Waals surface area contributed by atoms with Crippen LogP contribution in [0.15, 0.2) is 60.8 Å². The molecule has 0 unspecified atom stereocenters. The molecule has 5 rings (SSSR count). The molecule has 4 aromatic rings. The molecule has 0 spiro atoms. The Balaban J connectivity index is 1.10. The minimum Gasteiger partial charge on any atom is -0.340 e. The van der Waals surface area contributed by atoms with Crippen LogP contribution in [0.25, 0.3) is 21.1 Å². The highest BCUT2D eigenvalue weighted by Crippen LogP contribution is 2.23. The van der Waals surface area contributed by atoms with Crippen molar-refractivity contribution in [2.24, 2.45) is 0 Å². The standard InChI is InChI=1S/C25H26N4OS/c30-24(12-4-11-23-27-21-9-1-2-10-22(21)31-23)29-16-14-28(15-17-29)18-20-7-3-6-19-8-5-13-26-25(19)20/h1-3,5-10,13H,4,11-12,14-18H2. The number of fused-ring (bicyclic) bond motifs is 2. The Bertz CT molecular complexity index is 1160. The van der Waals surface area contributed by atoms with E-state index in [0.717, 1.165) is 61.6 Å². The van der Waals surface area contributed by atoms with E-state index in [0.29, 0.717) is 6.42 Å². The highest BCUT2D eigenvalue weighted by atomic mass is 32.1. The fourth-order valence-electron chi connectivity index (χ4n) is 4.27. The molecule has 5 nitrogen and oxygen atoms in total. The van der Waals surface area contributed by atoms with Gasteiger partial charge in [0, 0.05) is 50.7 Å². The second kappa shape index (κ2) is 9.12. The first-order valence-electron chi connectivity index (χ1n) is 10.9. The summed E-state index contributed by atoms with van der Waals surface area (Å²) in [4.78, 5) is 26.4. The van der Waals surface area contributed by atoms with Crippen LogP contribution >= 0.6 is 11.3 Å². The SMILES string of the molecule is O=C(CCCc1nc2ccccc2s1)N1CCN(Cc2cccc3cccnc23)CC1. The van der Waals surface area contributed by atoms with Gasteiger partial charge in [-0.25, -0.2) is 4.98 Å². The maximum Gasteiger partial charge on any atom is 0.222 e. The third-order valence-corrected chi connectivity index (χ3v) is 7.05. The summed E-state index contributed by atoms with van der Waals surface area (Å²) >= 11 is 1.74. The maximum atomic E-state index is 12.7. The first-order chi connectivity index (χ1) is 15.3. The number of nitrogens with zero attached hydrogens (tertiary/aromatic N) is 4. The van der Waals surface area contributed by atoms with Gasteiger partial charge in [-0.15, -0.1) is 11.3 Å². The van der Waals surface area contributed by atoms with Gasteiger partial charge in [-0.2, -0.15) is 0 Å². The number of aromatic nitrogens is 2. The van der Waals surface area contributed by atoms with Gasteiger partial charge >= 0.3 is 0 Å². The Morgan fingerprint density at radius 2 is 1.81 bits per heavy atom. The van der Waals surface area contributed by atoms with E-state index in [2.05, 4.69) is 45.2 Å². The van der Waals surface area contributed by atoms with Crippen LogP contribution in [0.2, 0.25) is 0 Å². The first kappa shape index (κ1) is 20.1. The first-order valence-corrected chi connectivity index (χ1v) is 11.8. The van der Waals surface area contributed by atoms with Crippen LogP contribution in [0, 0.1) is 0 Å². The predicted molar refractivity (Wildman–Crippen MR) is 126 cm³/mol. The van der Waals surface area contributed by atoms with Crippen molar-refractivity contribution in [2.45, 2.75) is 25.8 Å². The molecule has 0 saturated carbocycles. The molecule has 31 heavy (non-hydrogen) atoms. The zero-order valence-corrected chi connectivity index (χ0v) is 18.4. The summed E-state index contributed by atoms with van der Waals surface area (Å²) in [6.45, 7) is 4.31. The van der Waals surface area contributed by atoms with Crippen molar-refractivity contribution in [1.29, 1.82) is 0 Å². The molecule has 1 amide bonds. The van der Waals surface area contributed by atoms with Gasteiger partial charge in [-0.3, -0.25) is 14.7 Å². The van der Waals surface area contributed by atoms with E-state index in [1.807, 2.05) is 35.4 Å². The molecule has 0 N–H and O–H groups in total. The fraction of sp³-hybridized carbons (Fsp3) is 0.320. The normalized spacial score (nSPS) is 15.0. The molecule has 3 heterocycles. The summed E-state index contributed by atoms with van der Waals surface area (Å²) < 4.78 is 1.22. The van der Waals surface area contributed by atoms with Crippen molar-refractivity contribution in [1.82, 2.24) is 19.8 Å². The minimum atomic E-state index is 0.271. The monoisotopic (exact) mass is 430 g/mol. The number of aryl methyl sites for hydroxylation is 1. The Labute approximate surface area is 186 Å². The van der Waals surface area contributed by atoms with Gasteiger partial charge in [0.2, 0.25) is 5.91 Å². The number of pyridine rings is 1. The number of rotatable bonds is 6. The Kier molecular flexibility index (Phi) is 5.91. The zero-order chi connectivity index (χ0) is 21.0. The summed E-state index contributed by atoms with van der Waals surface area (Å²) in [6.07, 6.45) is 4.19. The second-order valence-electron chi connectivity index (χ2n) is 8.08. The number of thiazole rings is 1. The van der Waals surface area contributed by atoms with Crippen LogP contribution in [0.4, 0.5) is 0 Å². The largest absolute Gasteiger partial charge is 0.340 e. The number of hydrogen-bond donors (Lipinski definition) is 0. The number of piperazine rings is 1. The van der Waals surface area contributed by atoms with E-state index in [-0.39, 0.29) is 5.91 Å². The third-order valence-electron chi connectivity index (χ3n) is 5.95. The predicted octanol–water partition coefficient (Wildman–Crippen LogP) is 4.51. The fourth-order valence-corrected chi connectivity index (χ4v) is 5.28. The molecule has 1 aliphatic rings. The van der Waals surface area contributed by atoms with Gasteiger partial charge in [0.05, 0.1) is 20.7 Å². The van der Waals surface area contributed by atoms with E-state index >= 15 is 0 Å². The summed E-state index contributed by atoms with van der Waals surface area (Å²) in [5.74, 6) is 0.271. The second-order valence-corrected chi connectivity index (χ2v) is 9.19. The Morgan fingerprint density at radius 1 is 0.968 bits per heavy atom. The molecule has 6 heteroatoms. The van der Waals surface area contributed by atoms with E-state index in [9.17, 15) is 4.79 Å². The van der Waals surface area contributed by atoms with Crippen molar-refractivity contribution in [3.63, 3.8) is 0 Å². The van der Waals surface area contributed by atoms with E-state index in [1.54, 1.807) is 11.3 Å². The molecule has 1 fully saturated rings. The van der Waals surface area contributed by atoms with E-state index < -0.39 is 0 Å². The van der Waals surface area contributed by atoms with Crippen LogP contribution in [0.3, 0.4) is 0 Å². The lowest BCUT2D eigenvalue weighted by molar-refractivity contribution is -0.133. The summed E-state index contributed by atoms with van der Waals surface area (Å²) in [7, 11) is 0. The lowest BCUT2D eigenvalue weighted by Crippen LogP contribution is -2.48. The minimum absolute atomic E-state index is 0.271. The molecular weight excluding hydrogens is 404 g/mol. The van der Waals surface area contributed by atoms with Gasteiger partial charge in [-0.05, 0) is 36.6 Å². The molecule has 1 saturated heterocycles. The summed E-state index contributed by atoms with van der Waals surface area (Å²) in [5.41, 5.74) is 3.40. The third kappa shape index (κ3) is 4.60. The van der Waals surface area contributed by atoms with Gasteiger partial charge in [0.25, 0.3) is 0 Å². The smallest absolute Gasteiger partial charge is 0.222 e. The number of benzene rings is 2. The van der Waals surface area contributed by atoms with E-state index in [1.165, 1.54) is 15.6 Å². The van der Waals surface area contributed by atoms with Crippen LogP contribution in [-0.4, -0.2) is 51.9 Å². The molecule has 158 valence electrons. The van der Waals surface area contributed by atoms with Crippen molar-refractivity contribution in [3.8, 4) is 0 Å². The zero-order valence-electron chi connectivity index (χ0n) is 17.5. The van der Waals surface area contributed by atoms with Gasteiger partial charge in [-0.1, -0.05) is 36.4 Å². The molecule has 0 atom stereocenters. The number of amides is 1. The van der Waals surface area contributed by atoms with E-state index in [4.69, 9.17) is 0 Å². The molecule has 0 radical (unpaired) electrons. The topological polar surface area (TPSA) is 49.3 Å². The number of para-hydroxylation sites is 2. The molecule has 0 aliphatic carbocycles.